The maximum Gasteiger partial charge on any atom is 0.416 e. The van der Waals surface area contributed by atoms with Gasteiger partial charge < -0.3 is 14.4 Å². The molecule has 1 aliphatic heterocycles. The number of amides is 1. The highest BCUT2D eigenvalue weighted by molar-refractivity contribution is 5.68. The predicted octanol–water partition coefficient (Wildman–Crippen LogP) is 4.39. The van der Waals surface area contributed by atoms with Crippen LogP contribution in [0.5, 0.6) is 5.75 Å². The summed E-state index contributed by atoms with van der Waals surface area (Å²) >= 11 is 0. The number of carbonyl (C=O) groups is 1. The molecular weight excluding hydrogens is 369 g/mol. The lowest BCUT2D eigenvalue weighted by molar-refractivity contribution is -0.386. The van der Waals surface area contributed by atoms with Gasteiger partial charge in [-0.15, -0.1) is 0 Å². The van der Waals surface area contributed by atoms with Crippen LogP contribution in [0.1, 0.15) is 39.2 Å². The molecule has 2 rings (SSSR count). The normalized spacial score (nSPS) is 16.1. The summed E-state index contributed by atoms with van der Waals surface area (Å²) in [5.74, 6) is -0.219. The first-order valence-corrected chi connectivity index (χ1v) is 8.37. The van der Waals surface area contributed by atoms with Gasteiger partial charge in [-0.05, 0) is 32.9 Å². The van der Waals surface area contributed by atoms with Crippen LogP contribution in [0.3, 0.4) is 0 Å². The fraction of sp³-hybridized carbons (Fsp3) is 0.588. The fourth-order valence-corrected chi connectivity index (χ4v) is 2.60. The number of likely N-dealkylation sites (tertiary alicyclic amines) is 1. The van der Waals surface area contributed by atoms with Crippen molar-refractivity contribution in [2.75, 3.05) is 13.1 Å². The second-order valence-corrected chi connectivity index (χ2v) is 7.22. The number of alkyl halides is 3. The molecule has 10 heteroatoms. The zero-order chi connectivity index (χ0) is 20.4. The summed E-state index contributed by atoms with van der Waals surface area (Å²) in [6, 6.07) is 2.17. The van der Waals surface area contributed by atoms with Crippen molar-refractivity contribution in [3.05, 3.63) is 33.9 Å². The number of benzene rings is 1. The Balaban J connectivity index is 2.03. The zero-order valence-corrected chi connectivity index (χ0v) is 15.2. The van der Waals surface area contributed by atoms with E-state index in [1.807, 2.05) is 0 Å². The molecule has 1 fully saturated rings. The maximum absolute atomic E-state index is 12.7. The van der Waals surface area contributed by atoms with Crippen molar-refractivity contribution in [3.8, 4) is 5.75 Å². The summed E-state index contributed by atoms with van der Waals surface area (Å²) in [6.07, 6.45) is -4.81. The molecule has 0 N–H and O–H groups in total. The number of carbonyl (C=O) groups excluding carboxylic acids is 1. The van der Waals surface area contributed by atoms with Gasteiger partial charge in [0.15, 0.2) is 5.75 Å². The van der Waals surface area contributed by atoms with Crippen LogP contribution in [0.25, 0.3) is 0 Å². The summed E-state index contributed by atoms with van der Waals surface area (Å²) in [7, 11) is 0. The minimum Gasteiger partial charge on any atom is -0.483 e. The Morgan fingerprint density at radius 2 is 1.81 bits per heavy atom. The van der Waals surface area contributed by atoms with Crippen molar-refractivity contribution >= 4 is 11.8 Å². The smallest absolute Gasteiger partial charge is 0.416 e. The maximum atomic E-state index is 12.7. The van der Waals surface area contributed by atoms with Crippen molar-refractivity contribution in [2.45, 2.75) is 51.5 Å². The minimum atomic E-state index is -4.68. The third-order valence-electron chi connectivity index (χ3n) is 3.87. The second kappa shape index (κ2) is 7.61. The van der Waals surface area contributed by atoms with Gasteiger partial charge in [-0.2, -0.15) is 13.2 Å². The van der Waals surface area contributed by atoms with E-state index in [0.717, 1.165) is 12.1 Å². The Bertz CT molecular complexity index is 708. The average Bonchev–Trinajstić information content (AvgIpc) is 2.53. The number of nitro benzene ring substituents is 1. The summed E-state index contributed by atoms with van der Waals surface area (Å²) in [5.41, 5.74) is -2.47. The molecular formula is C17H21F3N2O5. The summed E-state index contributed by atoms with van der Waals surface area (Å²) in [4.78, 5) is 23.7. The highest BCUT2D eigenvalue weighted by Gasteiger charge is 2.34. The molecule has 1 amide bonds. The van der Waals surface area contributed by atoms with E-state index in [9.17, 15) is 28.1 Å². The summed E-state index contributed by atoms with van der Waals surface area (Å²) < 4.78 is 49.1. The van der Waals surface area contributed by atoms with Gasteiger partial charge in [-0.25, -0.2) is 4.79 Å². The molecule has 1 aromatic rings. The first kappa shape index (κ1) is 20.8. The summed E-state index contributed by atoms with van der Waals surface area (Å²) in [6.45, 7) is 5.92. The van der Waals surface area contributed by atoms with Gasteiger partial charge in [0.25, 0.3) is 0 Å². The first-order valence-electron chi connectivity index (χ1n) is 8.37. The number of piperidine rings is 1. The van der Waals surface area contributed by atoms with Crippen molar-refractivity contribution in [1.82, 2.24) is 4.90 Å². The van der Waals surface area contributed by atoms with Gasteiger partial charge in [0.05, 0.1) is 10.5 Å². The largest absolute Gasteiger partial charge is 0.483 e. The van der Waals surface area contributed by atoms with Crippen molar-refractivity contribution < 1.29 is 32.4 Å². The van der Waals surface area contributed by atoms with E-state index in [2.05, 4.69) is 0 Å². The number of rotatable bonds is 3. The van der Waals surface area contributed by atoms with Crippen LogP contribution < -0.4 is 4.74 Å². The zero-order valence-electron chi connectivity index (χ0n) is 15.2. The van der Waals surface area contributed by atoms with Crippen LogP contribution >= 0.6 is 0 Å². The van der Waals surface area contributed by atoms with Gasteiger partial charge in [-0.3, -0.25) is 10.1 Å². The van der Waals surface area contributed by atoms with E-state index in [-0.39, 0.29) is 5.75 Å². The van der Waals surface area contributed by atoms with E-state index in [1.165, 1.54) is 4.90 Å². The lowest BCUT2D eigenvalue weighted by Crippen LogP contribution is -2.44. The van der Waals surface area contributed by atoms with Gasteiger partial charge >= 0.3 is 18.0 Å². The van der Waals surface area contributed by atoms with Crippen LogP contribution in [0.2, 0.25) is 0 Å². The Labute approximate surface area is 154 Å². The van der Waals surface area contributed by atoms with E-state index >= 15 is 0 Å². The highest BCUT2D eigenvalue weighted by atomic mass is 19.4. The third-order valence-corrected chi connectivity index (χ3v) is 3.87. The van der Waals surface area contributed by atoms with E-state index in [0.29, 0.717) is 32.0 Å². The third kappa shape index (κ3) is 5.73. The first-order chi connectivity index (χ1) is 12.4. The standard InChI is InChI=1S/C17H21F3N2O5/c1-16(2,3)27-15(23)21-8-6-12(7-9-21)26-14-5-4-11(17(18,19)20)10-13(14)22(24)25/h4-5,10,12H,6-9H2,1-3H3. The Kier molecular flexibility index (Phi) is 5.86. The van der Waals surface area contributed by atoms with Crippen LogP contribution in [-0.2, 0) is 10.9 Å². The Morgan fingerprint density at radius 3 is 2.30 bits per heavy atom. The average molecular weight is 390 g/mol. The van der Waals surface area contributed by atoms with Crippen LogP contribution in [0.4, 0.5) is 23.7 Å². The number of hydrogen-bond acceptors (Lipinski definition) is 5. The molecule has 1 saturated heterocycles. The fourth-order valence-electron chi connectivity index (χ4n) is 2.60. The van der Waals surface area contributed by atoms with Crippen LogP contribution in [-0.4, -0.2) is 40.7 Å². The van der Waals surface area contributed by atoms with Crippen molar-refractivity contribution in [2.24, 2.45) is 0 Å². The van der Waals surface area contributed by atoms with Crippen molar-refractivity contribution in [3.63, 3.8) is 0 Å². The minimum absolute atomic E-state index is 0.219. The van der Waals surface area contributed by atoms with Gasteiger partial charge in [0, 0.05) is 32.0 Å². The molecule has 0 saturated carbocycles. The topological polar surface area (TPSA) is 81.9 Å². The quantitative estimate of drug-likeness (QED) is 0.565. The Morgan fingerprint density at radius 1 is 1.22 bits per heavy atom. The monoisotopic (exact) mass is 390 g/mol. The van der Waals surface area contributed by atoms with E-state index in [1.54, 1.807) is 20.8 Å². The van der Waals surface area contributed by atoms with Gasteiger partial charge in [0.2, 0.25) is 0 Å². The van der Waals surface area contributed by atoms with Crippen molar-refractivity contribution in [1.29, 1.82) is 0 Å². The molecule has 0 spiro atoms. The Hall–Kier alpha value is -2.52. The lowest BCUT2D eigenvalue weighted by atomic mass is 10.1. The number of nitro groups is 1. The van der Waals surface area contributed by atoms with Gasteiger partial charge in [0.1, 0.15) is 11.7 Å². The lowest BCUT2D eigenvalue weighted by Gasteiger charge is -2.33. The molecule has 150 valence electrons. The van der Waals surface area contributed by atoms with Gasteiger partial charge in [-0.1, -0.05) is 0 Å². The molecule has 1 aliphatic rings. The molecule has 1 aromatic carbocycles. The number of ether oxygens (including phenoxy) is 2. The number of hydrogen-bond donors (Lipinski definition) is 0. The molecule has 0 aliphatic carbocycles. The molecule has 0 aromatic heterocycles. The summed E-state index contributed by atoms with van der Waals surface area (Å²) in [5, 5.41) is 11.1. The molecule has 0 unspecified atom stereocenters. The molecule has 27 heavy (non-hydrogen) atoms. The molecule has 0 bridgehead atoms. The molecule has 0 radical (unpaired) electrons. The number of halogens is 3. The van der Waals surface area contributed by atoms with Crippen LogP contribution in [0.15, 0.2) is 18.2 Å². The van der Waals surface area contributed by atoms with E-state index in [4.69, 9.17) is 9.47 Å². The highest BCUT2D eigenvalue weighted by Crippen LogP contribution is 2.37. The molecule has 7 nitrogen and oxygen atoms in total. The number of nitrogens with zero attached hydrogens (tertiary/aromatic N) is 2. The van der Waals surface area contributed by atoms with E-state index < -0.39 is 40.1 Å². The predicted molar refractivity (Wildman–Crippen MR) is 89.6 cm³/mol. The molecule has 1 heterocycles. The van der Waals surface area contributed by atoms with Crippen LogP contribution in [0, 0.1) is 10.1 Å². The molecule has 0 atom stereocenters. The second-order valence-electron chi connectivity index (χ2n) is 7.22. The SMILES string of the molecule is CC(C)(C)OC(=O)N1CCC(Oc2ccc(C(F)(F)F)cc2[N+](=O)[O-])CC1.